The van der Waals surface area contributed by atoms with Gasteiger partial charge in [0.2, 0.25) is 0 Å². The first-order valence-corrected chi connectivity index (χ1v) is 7.45. The van der Waals surface area contributed by atoms with E-state index >= 15 is 0 Å². The van der Waals surface area contributed by atoms with Crippen molar-refractivity contribution >= 4 is 0 Å². The molecule has 0 amide bonds. The van der Waals surface area contributed by atoms with Crippen molar-refractivity contribution in [2.75, 3.05) is 13.7 Å². The molecule has 0 aliphatic carbocycles. The average molecular weight is 303 g/mol. The third-order valence-corrected chi connectivity index (χ3v) is 3.74. The Morgan fingerprint density at radius 1 is 1.05 bits per heavy atom. The predicted molar refractivity (Wildman–Crippen MR) is 85.4 cm³/mol. The van der Waals surface area contributed by atoms with Gasteiger partial charge in [-0.2, -0.15) is 0 Å². The molecule has 2 rings (SSSR count). The van der Waals surface area contributed by atoms with Crippen molar-refractivity contribution in [3.63, 3.8) is 0 Å². The van der Waals surface area contributed by atoms with Crippen molar-refractivity contribution in [2.45, 2.75) is 25.5 Å². The highest BCUT2D eigenvalue weighted by molar-refractivity contribution is 5.29. The fourth-order valence-corrected chi connectivity index (χ4v) is 2.39. The molecular formula is C18H22FNO2. The van der Waals surface area contributed by atoms with E-state index in [0.29, 0.717) is 12.1 Å². The SMILES string of the molecule is CCC(NCC(O)c1ccc(F)cc1)c1ccc(OC)cc1. The van der Waals surface area contributed by atoms with Crippen LogP contribution in [-0.4, -0.2) is 18.8 Å². The number of nitrogens with one attached hydrogen (secondary N) is 1. The molecular weight excluding hydrogens is 281 g/mol. The Labute approximate surface area is 130 Å². The summed E-state index contributed by atoms with van der Waals surface area (Å²) in [5.41, 5.74) is 1.85. The molecule has 2 aromatic carbocycles. The minimum absolute atomic E-state index is 0.154. The largest absolute Gasteiger partial charge is 0.497 e. The maximum atomic E-state index is 12.9. The number of aliphatic hydroxyl groups excluding tert-OH is 1. The molecule has 0 heterocycles. The molecule has 22 heavy (non-hydrogen) atoms. The lowest BCUT2D eigenvalue weighted by Gasteiger charge is -2.20. The summed E-state index contributed by atoms with van der Waals surface area (Å²) in [5, 5.41) is 13.5. The van der Waals surface area contributed by atoms with Gasteiger partial charge in [0.1, 0.15) is 11.6 Å². The van der Waals surface area contributed by atoms with Crippen LogP contribution < -0.4 is 10.1 Å². The molecule has 4 heteroatoms. The summed E-state index contributed by atoms with van der Waals surface area (Å²) in [7, 11) is 1.64. The molecule has 2 aromatic rings. The van der Waals surface area contributed by atoms with Gasteiger partial charge in [0, 0.05) is 12.6 Å². The van der Waals surface area contributed by atoms with E-state index < -0.39 is 6.10 Å². The second-order valence-electron chi connectivity index (χ2n) is 5.21. The fraction of sp³-hybridized carbons (Fsp3) is 0.333. The van der Waals surface area contributed by atoms with Gasteiger partial charge in [0.05, 0.1) is 13.2 Å². The van der Waals surface area contributed by atoms with E-state index in [1.54, 1.807) is 19.2 Å². The van der Waals surface area contributed by atoms with Crippen molar-refractivity contribution in [2.24, 2.45) is 0 Å². The Bertz CT molecular complexity index is 569. The standard InChI is InChI=1S/C18H22FNO2/c1-3-17(13-6-10-16(22-2)11-7-13)20-12-18(21)14-4-8-15(19)9-5-14/h4-11,17-18,20-21H,3,12H2,1-2H3. The van der Waals surface area contributed by atoms with Crippen LogP contribution in [0.5, 0.6) is 5.75 Å². The predicted octanol–water partition coefficient (Wildman–Crippen LogP) is 3.61. The maximum absolute atomic E-state index is 12.9. The second-order valence-corrected chi connectivity index (χ2v) is 5.21. The molecule has 0 aromatic heterocycles. The summed E-state index contributed by atoms with van der Waals surface area (Å²) in [6, 6.07) is 14.0. The molecule has 118 valence electrons. The maximum Gasteiger partial charge on any atom is 0.123 e. The van der Waals surface area contributed by atoms with Crippen molar-refractivity contribution < 1.29 is 14.2 Å². The summed E-state index contributed by atoms with van der Waals surface area (Å²) in [5.74, 6) is 0.526. The van der Waals surface area contributed by atoms with Crippen LogP contribution in [0.25, 0.3) is 0 Å². The lowest BCUT2D eigenvalue weighted by molar-refractivity contribution is 0.169. The zero-order chi connectivity index (χ0) is 15.9. The van der Waals surface area contributed by atoms with Crippen molar-refractivity contribution in [1.29, 1.82) is 0 Å². The summed E-state index contributed by atoms with van der Waals surface area (Å²) in [4.78, 5) is 0. The van der Waals surface area contributed by atoms with E-state index in [0.717, 1.165) is 17.7 Å². The highest BCUT2D eigenvalue weighted by Gasteiger charge is 2.13. The quantitative estimate of drug-likeness (QED) is 0.821. The first-order valence-electron chi connectivity index (χ1n) is 7.45. The molecule has 2 unspecified atom stereocenters. The average Bonchev–Trinajstić information content (AvgIpc) is 2.56. The molecule has 0 aliphatic rings. The third kappa shape index (κ3) is 4.29. The van der Waals surface area contributed by atoms with Crippen LogP contribution in [0.4, 0.5) is 4.39 Å². The van der Waals surface area contributed by atoms with Crippen molar-refractivity contribution in [3.05, 3.63) is 65.5 Å². The number of rotatable bonds is 7. The van der Waals surface area contributed by atoms with Gasteiger partial charge < -0.3 is 15.2 Å². The van der Waals surface area contributed by atoms with Crippen LogP contribution in [0.1, 0.15) is 36.6 Å². The number of hydrogen-bond donors (Lipinski definition) is 2. The first-order chi connectivity index (χ1) is 10.6. The van der Waals surface area contributed by atoms with E-state index in [1.807, 2.05) is 24.3 Å². The Balaban J connectivity index is 1.96. The molecule has 0 saturated heterocycles. The number of hydrogen-bond acceptors (Lipinski definition) is 3. The smallest absolute Gasteiger partial charge is 0.123 e. The summed E-state index contributed by atoms with van der Waals surface area (Å²) >= 11 is 0. The van der Waals surface area contributed by atoms with Gasteiger partial charge in [-0.05, 0) is 41.8 Å². The molecule has 2 atom stereocenters. The topological polar surface area (TPSA) is 41.5 Å². The van der Waals surface area contributed by atoms with Crippen molar-refractivity contribution in [1.82, 2.24) is 5.32 Å². The van der Waals surface area contributed by atoms with E-state index in [1.165, 1.54) is 12.1 Å². The number of halogens is 1. The lowest BCUT2D eigenvalue weighted by atomic mass is 10.0. The van der Waals surface area contributed by atoms with Gasteiger partial charge in [0.25, 0.3) is 0 Å². The van der Waals surface area contributed by atoms with Gasteiger partial charge >= 0.3 is 0 Å². The number of methoxy groups -OCH3 is 1. The Morgan fingerprint density at radius 3 is 2.18 bits per heavy atom. The monoisotopic (exact) mass is 303 g/mol. The molecule has 2 N–H and O–H groups in total. The fourth-order valence-electron chi connectivity index (χ4n) is 2.39. The molecule has 0 spiro atoms. The summed E-state index contributed by atoms with van der Waals surface area (Å²) < 4.78 is 18.1. The van der Waals surface area contributed by atoms with E-state index in [9.17, 15) is 9.50 Å². The zero-order valence-electron chi connectivity index (χ0n) is 12.9. The van der Waals surface area contributed by atoms with Gasteiger partial charge in [-0.3, -0.25) is 0 Å². The van der Waals surface area contributed by atoms with Crippen molar-refractivity contribution in [3.8, 4) is 5.75 Å². The van der Waals surface area contributed by atoms with Crippen LogP contribution in [0.3, 0.4) is 0 Å². The van der Waals surface area contributed by atoms with Crippen LogP contribution in [0, 0.1) is 5.82 Å². The highest BCUT2D eigenvalue weighted by atomic mass is 19.1. The molecule has 3 nitrogen and oxygen atoms in total. The molecule has 0 radical (unpaired) electrons. The minimum atomic E-state index is -0.659. The minimum Gasteiger partial charge on any atom is -0.497 e. The zero-order valence-corrected chi connectivity index (χ0v) is 12.9. The second kappa shape index (κ2) is 7.92. The van der Waals surface area contributed by atoms with E-state index in [4.69, 9.17) is 4.74 Å². The summed E-state index contributed by atoms with van der Waals surface area (Å²) in [6.45, 7) is 2.50. The number of ether oxygens (including phenoxy) is 1. The van der Waals surface area contributed by atoms with Crippen LogP contribution in [0.2, 0.25) is 0 Å². The molecule has 0 aliphatic heterocycles. The summed E-state index contributed by atoms with van der Waals surface area (Å²) in [6.07, 6.45) is 0.246. The first kappa shape index (κ1) is 16.5. The number of benzene rings is 2. The van der Waals surface area contributed by atoms with Crippen LogP contribution >= 0.6 is 0 Å². The van der Waals surface area contributed by atoms with Crippen LogP contribution in [0.15, 0.2) is 48.5 Å². The molecule has 0 fully saturated rings. The van der Waals surface area contributed by atoms with Crippen LogP contribution in [-0.2, 0) is 0 Å². The number of aliphatic hydroxyl groups is 1. The Morgan fingerprint density at radius 2 is 1.64 bits per heavy atom. The molecule has 0 bridgehead atoms. The van der Waals surface area contributed by atoms with Gasteiger partial charge in [-0.15, -0.1) is 0 Å². The highest BCUT2D eigenvalue weighted by Crippen LogP contribution is 2.21. The third-order valence-electron chi connectivity index (χ3n) is 3.74. The normalized spacial score (nSPS) is 13.6. The van der Waals surface area contributed by atoms with Gasteiger partial charge in [0.15, 0.2) is 0 Å². The Kier molecular flexibility index (Phi) is 5.92. The Hall–Kier alpha value is -1.91. The van der Waals surface area contributed by atoms with Gasteiger partial charge in [-0.1, -0.05) is 31.2 Å². The molecule has 0 saturated carbocycles. The van der Waals surface area contributed by atoms with E-state index in [-0.39, 0.29) is 11.9 Å². The lowest BCUT2D eigenvalue weighted by Crippen LogP contribution is -2.26. The van der Waals surface area contributed by atoms with Gasteiger partial charge in [-0.25, -0.2) is 4.39 Å². The van der Waals surface area contributed by atoms with E-state index in [2.05, 4.69) is 12.2 Å².